The van der Waals surface area contributed by atoms with Crippen LogP contribution in [0.15, 0.2) is 60.8 Å². The Kier molecular flexibility index (Phi) is 3.48. The molecule has 0 aliphatic rings. The Morgan fingerprint density at radius 2 is 1.80 bits per heavy atom. The van der Waals surface area contributed by atoms with E-state index in [4.69, 9.17) is 5.73 Å². The molecular formula is C18H18N2. The molecule has 2 heteroatoms. The normalized spacial score (nSPS) is 12.5. The lowest BCUT2D eigenvalue weighted by atomic mass is 9.95. The van der Waals surface area contributed by atoms with Crippen LogP contribution >= 0.6 is 0 Å². The first-order chi connectivity index (χ1) is 9.79. The van der Waals surface area contributed by atoms with E-state index >= 15 is 0 Å². The van der Waals surface area contributed by atoms with Crippen LogP contribution in [0.25, 0.3) is 10.9 Å². The van der Waals surface area contributed by atoms with E-state index in [1.54, 1.807) is 0 Å². The summed E-state index contributed by atoms with van der Waals surface area (Å²) in [5, 5.41) is 1.13. The molecule has 20 heavy (non-hydrogen) atoms. The monoisotopic (exact) mass is 262 g/mol. The van der Waals surface area contributed by atoms with Gasteiger partial charge in [0.05, 0.1) is 11.6 Å². The number of aromatic nitrogens is 1. The van der Waals surface area contributed by atoms with Gasteiger partial charge in [-0.1, -0.05) is 49.4 Å². The maximum Gasteiger partial charge on any atom is 0.0705 e. The standard InChI is InChI=1S/C18H18N2/c1-2-13-8-10-14(11-9-13)18(19)16-5-3-7-17-15(16)6-4-12-20-17/h3-12,18H,2,19H2,1H3. The van der Waals surface area contributed by atoms with Crippen molar-refractivity contribution in [2.45, 2.75) is 19.4 Å². The van der Waals surface area contributed by atoms with E-state index in [-0.39, 0.29) is 6.04 Å². The predicted octanol–water partition coefficient (Wildman–Crippen LogP) is 3.85. The third kappa shape index (κ3) is 2.30. The fourth-order valence-corrected chi connectivity index (χ4v) is 2.54. The summed E-state index contributed by atoms with van der Waals surface area (Å²) in [7, 11) is 0. The number of aryl methyl sites for hydroxylation is 1. The van der Waals surface area contributed by atoms with Crippen LogP contribution in [0, 0.1) is 0 Å². The van der Waals surface area contributed by atoms with E-state index in [1.807, 2.05) is 24.4 Å². The van der Waals surface area contributed by atoms with E-state index in [1.165, 1.54) is 5.56 Å². The molecule has 2 N–H and O–H groups in total. The van der Waals surface area contributed by atoms with E-state index in [0.29, 0.717) is 0 Å². The molecule has 0 aliphatic carbocycles. The molecule has 0 saturated heterocycles. The van der Waals surface area contributed by atoms with Crippen LogP contribution in [0.3, 0.4) is 0 Å². The minimum absolute atomic E-state index is 0.117. The molecular weight excluding hydrogens is 244 g/mol. The Bertz CT molecular complexity index is 712. The summed E-state index contributed by atoms with van der Waals surface area (Å²) in [6, 6.07) is 18.6. The molecule has 3 rings (SSSR count). The molecule has 0 radical (unpaired) electrons. The SMILES string of the molecule is CCc1ccc(C(N)c2cccc3ncccc23)cc1. The van der Waals surface area contributed by atoms with Gasteiger partial charge in [0, 0.05) is 11.6 Å². The number of rotatable bonds is 3. The van der Waals surface area contributed by atoms with Crippen molar-refractivity contribution in [2.75, 3.05) is 0 Å². The molecule has 0 aliphatic heterocycles. The molecule has 1 atom stereocenters. The summed E-state index contributed by atoms with van der Waals surface area (Å²) in [5.41, 5.74) is 11.0. The van der Waals surface area contributed by atoms with Gasteiger partial charge in [-0.05, 0) is 35.2 Å². The molecule has 2 nitrogen and oxygen atoms in total. The highest BCUT2D eigenvalue weighted by atomic mass is 14.7. The van der Waals surface area contributed by atoms with E-state index < -0.39 is 0 Å². The maximum absolute atomic E-state index is 6.45. The second-order valence-corrected chi connectivity index (χ2v) is 4.99. The van der Waals surface area contributed by atoms with Crippen molar-refractivity contribution in [3.63, 3.8) is 0 Å². The number of nitrogens with two attached hydrogens (primary N) is 1. The number of benzene rings is 2. The predicted molar refractivity (Wildman–Crippen MR) is 83.6 cm³/mol. The molecule has 1 aromatic heterocycles. The summed E-state index contributed by atoms with van der Waals surface area (Å²) in [4.78, 5) is 4.39. The first-order valence-corrected chi connectivity index (χ1v) is 6.97. The second kappa shape index (κ2) is 5.43. The summed E-state index contributed by atoms with van der Waals surface area (Å²) < 4.78 is 0. The molecule has 1 unspecified atom stereocenters. The minimum Gasteiger partial charge on any atom is -0.320 e. The fraction of sp³-hybridized carbons (Fsp3) is 0.167. The van der Waals surface area contributed by atoms with Crippen molar-refractivity contribution in [1.82, 2.24) is 4.98 Å². The second-order valence-electron chi connectivity index (χ2n) is 4.99. The van der Waals surface area contributed by atoms with E-state index in [2.05, 4.69) is 48.3 Å². The lowest BCUT2D eigenvalue weighted by molar-refractivity contribution is 0.878. The van der Waals surface area contributed by atoms with E-state index in [0.717, 1.165) is 28.5 Å². The maximum atomic E-state index is 6.45. The molecule has 3 aromatic rings. The Morgan fingerprint density at radius 3 is 2.55 bits per heavy atom. The molecule has 1 heterocycles. The molecule has 0 saturated carbocycles. The number of hydrogen-bond acceptors (Lipinski definition) is 2. The summed E-state index contributed by atoms with van der Waals surface area (Å²) >= 11 is 0. The van der Waals surface area contributed by atoms with Gasteiger partial charge >= 0.3 is 0 Å². The van der Waals surface area contributed by atoms with Gasteiger partial charge in [0.2, 0.25) is 0 Å². The average Bonchev–Trinajstić information content (AvgIpc) is 2.54. The number of hydrogen-bond donors (Lipinski definition) is 1. The fourth-order valence-electron chi connectivity index (χ4n) is 2.54. The van der Waals surface area contributed by atoms with Gasteiger partial charge in [-0.25, -0.2) is 0 Å². The van der Waals surface area contributed by atoms with Gasteiger partial charge in [0.15, 0.2) is 0 Å². The largest absolute Gasteiger partial charge is 0.320 e. The van der Waals surface area contributed by atoms with Crippen molar-refractivity contribution in [3.8, 4) is 0 Å². The van der Waals surface area contributed by atoms with Gasteiger partial charge in [-0.3, -0.25) is 4.98 Å². The first-order valence-electron chi connectivity index (χ1n) is 6.97. The number of fused-ring (bicyclic) bond motifs is 1. The van der Waals surface area contributed by atoms with Crippen molar-refractivity contribution in [1.29, 1.82) is 0 Å². The highest BCUT2D eigenvalue weighted by molar-refractivity contribution is 5.82. The van der Waals surface area contributed by atoms with Gasteiger partial charge in [-0.15, -0.1) is 0 Å². The summed E-state index contributed by atoms with van der Waals surface area (Å²) in [6.45, 7) is 2.16. The molecule has 2 aromatic carbocycles. The Morgan fingerprint density at radius 1 is 1.00 bits per heavy atom. The third-order valence-corrected chi connectivity index (χ3v) is 3.76. The van der Waals surface area contributed by atoms with Crippen molar-refractivity contribution in [3.05, 3.63) is 77.5 Å². The lowest BCUT2D eigenvalue weighted by Crippen LogP contribution is -2.12. The van der Waals surface area contributed by atoms with Crippen LogP contribution in [0.5, 0.6) is 0 Å². The molecule has 100 valence electrons. The van der Waals surface area contributed by atoms with Crippen molar-refractivity contribution >= 4 is 10.9 Å². The first kappa shape index (κ1) is 12.8. The van der Waals surface area contributed by atoms with Gasteiger partial charge < -0.3 is 5.73 Å². The lowest BCUT2D eigenvalue weighted by Gasteiger charge is -2.15. The zero-order valence-electron chi connectivity index (χ0n) is 11.6. The number of nitrogens with zero attached hydrogens (tertiary/aromatic N) is 1. The minimum atomic E-state index is -0.117. The van der Waals surface area contributed by atoms with Crippen LogP contribution in [-0.2, 0) is 6.42 Å². The Labute approximate surface area is 119 Å². The molecule has 0 bridgehead atoms. The van der Waals surface area contributed by atoms with Crippen LogP contribution in [0.1, 0.15) is 29.7 Å². The molecule has 0 spiro atoms. The average molecular weight is 262 g/mol. The van der Waals surface area contributed by atoms with E-state index in [9.17, 15) is 0 Å². The smallest absolute Gasteiger partial charge is 0.0705 e. The summed E-state index contributed by atoms with van der Waals surface area (Å²) in [6.07, 6.45) is 2.86. The van der Waals surface area contributed by atoms with Crippen molar-refractivity contribution in [2.24, 2.45) is 5.73 Å². The van der Waals surface area contributed by atoms with Gasteiger partial charge in [0.25, 0.3) is 0 Å². The van der Waals surface area contributed by atoms with Gasteiger partial charge in [0.1, 0.15) is 0 Å². The van der Waals surface area contributed by atoms with Crippen LogP contribution in [-0.4, -0.2) is 4.98 Å². The van der Waals surface area contributed by atoms with Crippen molar-refractivity contribution < 1.29 is 0 Å². The Balaban J connectivity index is 2.05. The zero-order valence-corrected chi connectivity index (χ0v) is 11.6. The zero-order chi connectivity index (χ0) is 13.9. The van der Waals surface area contributed by atoms with Crippen LogP contribution in [0.2, 0.25) is 0 Å². The molecule has 0 amide bonds. The third-order valence-electron chi connectivity index (χ3n) is 3.76. The highest BCUT2D eigenvalue weighted by Crippen LogP contribution is 2.26. The Hall–Kier alpha value is -2.19. The van der Waals surface area contributed by atoms with Crippen LogP contribution in [0.4, 0.5) is 0 Å². The topological polar surface area (TPSA) is 38.9 Å². The number of pyridine rings is 1. The van der Waals surface area contributed by atoms with Gasteiger partial charge in [-0.2, -0.15) is 0 Å². The molecule has 0 fully saturated rings. The highest BCUT2D eigenvalue weighted by Gasteiger charge is 2.12. The summed E-state index contributed by atoms with van der Waals surface area (Å²) in [5.74, 6) is 0. The van der Waals surface area contributed by atoms with Crippen LogP contribution < -0.4 is 5.73 Å². The quantitative estimate of drug-likeness (QED) is 0.778.